The monoisotopic (exact) mass is 293 g/mol. The molecule has 0 atom stereocenters. The molecular formula is C19H35NO. The van der Waals surface area contributed by atoms with E-state index in [9.17, 15) is 4.79 Å². The normalized spacial score (nSPS) is 24.8. The first-order valence-corrected chi connectivity index (χ1v) is 9.21. The van der Waals surface area contributed by atoms with Crippen LogP contribution in [0.1, 0.15) is 96.8 Å². The van der Waals surface area contributed by atoms with E-state index in [1.54, 1.807) is 5.57 Å². The fraction of sp³-hybridized carbons (Fsp3) is 0.842. The Morgan fingerprint density at radius 2 is 1.33 bits per heavy atom. The summed E-state index contributed by atoms with van der Waals surface area (Å²) in [4.78, 5) is 11.6. The summed E-state index contributed by atoms with van der Waals surface area (Å²) in [7, 11) is 0. The lowest BCUT2D eigenvalue weighted by molar-refractivity contribution is -0.121. The van der Waals surface area contributed by atoms with Crippen molar-refractivity contribution in [1.82, 2.24) is 5.32 Å². The zero-order chi connectivity index (χ0) is 15.2. The summed E-state index contributed by atoms with van der Waals surface area (Å²) in [6.45, 7) is 3.14. The van der Waals surface area contributed by atoms with Gasteiger partial charge in [0.1, 0.15) is 0 Å². The molecule has 1 aliphatic rings. The number of carbonyl (C=O) groups is 1. The smallest absolute Gasteiger partial charge is 0.219 e. The molecule has 1 rings (SSSR count). The minimum atomic E-state index is 0.253. The van der Waals surface area contributed by atoms with Gasteiger partial charge in [-0.1, -0.05) is 56.6 Å². The molecule has 0 aromatic heterocycles. The van der Waals surface area contributed by atoms with Crippen LogP contribution < -0.4 is 5.32 Å². The van der Waals surface area contributed by atoms with Gasteiger partial charge in [0.05, 0.1) is 0 Å². The average molecular weight is 293 g/mol. The molecule has 2 nitrogen and oxygen atoms in total. The molecule has 0 saturated heterocycles. The van der Waals surface area contributed by atoms with Crippen LogP contribution in [0.4, 0.5) is 0 Å². The minimum Gasteiger partial charge on any atom is -0.356 e. The van der Waals surface area contributed by atoms with Crippen LogP contribution in [-0.4, -0.2) is 12.5 Å². The maximum atomic E-state index is 11.6. The van der Waals surface area contributed by atoms with Gasteiger partial charge in [0.2, 0.25) is 5.91 Å². The number of carbonyl (C=O) groups excluding carboxylic acids is 1. The summed E-state index contributed by atoms with van der Waals surface area (Å²) >= 11 is 0. The third kappa shape index (κ3) is 11.5. The van der Waals surface area contributed by atoms with Crippen LogP contribution in [0, 0.1) is 0 Å². The van der Waals surface area contributed by atoms with Gasteiger partial charge >= 0.3 is 0 Å². The lowest BCUT2D eigenvalue weighted by atomic mass is 10.0. The topological polar surface area (TPSA) is 29.1 Å². The predicted molar refractivity (Wildman–Crippen MR) is 91.4 cm³/mol. The number of allylic oxidation sites excluding steroid dienone is 2. The first-order valence-electron chi connectivity index (χ1n) is 9.21. The number of rotatable bonds is 0. The Morgan fingerprint density at radius 3 is 2.05 bits per heavy atom. The quantitative estimate of drug-likeness (QED) is 0.585. The molecule has 0 bridgehead atoms. The molecule has 1 N–H and O–H groups in total. The highest BCUT2D eigenvalue weighted by Gasteiger charge is 2.01. The third-order valence-corrected chi connectivity index (χ3v) is 4.42. The van der Waals surface area contributed by atoms with Crippen molar-refractivity contribution in [1.29, 1.82) is 0 Å². The number of hydrogen-bond acceptors (Lipinski definition) is 1. The zero-order valence-electron chi connectivity index (χ0n) is 14.1. The van der Waals surface area contributed by atoms with Gasteiger partial charge in [-0.25, -0.2) is 0 Å². The third-order valence-electron chi connectivity index (χ3n) is 4.42. The van der Waals surface area contributed by atoms with Crippen LogP contribution in [0.15, 0.2) is 11.6 Å². The van der Waals surface area contributed by atoms with E-state index in [0.717, 1.165) is 25.8 Å². The van der Waals surface area contributed by atoms with Gasteiger partial charge in [-0.05, 0) is 45.4 Å². The van der Waals surface area contributed by atoms with Crippen LogP contribution >= 0.6 is 0 Å². The Labute approximate surface area is 131 Å². The molecule has 21 heavy (non-hydrogen) atoms. The van der Waals surface area contributed by atoms with Gasteiger partial charge in [-0.3, -0.25) is 4.79 Å². The van der Waals surface area contributed by atoms with Crippen molar-refractivity contribution in [3.63, 3.8) is 0 Å². The van der Waals surface area contributed by atoms with Crippen molar-refractivity contribution in [3.05, 3.63) is 11.6 Å². The van der Waals surface area contributed by atoms with Crippen LogP contribution in [0.3, 0.4) is 0 Å². The molecule has 0 aromatic carbocycles. The van der Waals surface area contributed by atoms with E-state index >= 15 is 0 Å². The van der Waals surface area contributed by atoms with Gasteiger partial charge in [0, 0.05) is 13.0 Å². The summed E-state index contributed by atoms with van der Waals surface area (Å²) in [5.41, 5.74) is 1.57. The molecule has 122 valence electrons. The maximum Gasteiger partial charge on any atom is 0.219 e. The Balaban J connectivity index is 2.23. The highest BCUT2D eigenvalue weighted by molar-refractivity contribution is 5.75. The van der Waals surface area contributed by atoms with Crippen LogP contribution in [0.2, 0.25) is 0 Å². The first-order chi connectivity index (χ1) is 10.3. The van der Waals surface area contributed by atoms with Gasteiger partial charge in [-0.2, -0.15) is 0 Å². The fourth-order valence-corrected chi connectivity index (χ4v) is 2.96. The van der Waals surface area contributed by atoms with Gasteiger partial charge in [0.15, 0.2) is 0 Å². The van der Waals surface area contributed by atoms with Crippen molar-refractivity contribution in [3.8, 4) is 0 Å². The molecule has 0 spiro atoms. The minimum absolute atomic E-state index is 0.253. The molecule has 2 heteroatoms. The molecule has 1 heterocycles. The predicted octanol–water partition coefficient (Wildman–Crippen LogP) is 5.52. The van der Waals surface area contributed by atoms with Crippen molar-refractivity contribution in [2.24, 2.45) is 0 Å². The van der Waals surface area contributed by atoms with Gasteiger partial charge in [0.25, 0.3) is 0 Å². The summed E-state index contributed by atoms with van der Waals surface area (Å²) < 4.78 is 0. The largest absolute Gasteiger partial charge is 0.356 e. The molecule has 0 aromatic rings. The summed E-state index contributed by atoms with van der Waals surface area (Å²) in [6, 6.07) is 0. The second kappa shape index (κ2) is 12.9. The molecule has 0 fully saturated rings. The Bertz CT molecular complexity index is 296. The summed E-state index contributed by atoms with van der Waals surface area (Å²) in [5, 5.41) is 3.05. The standard InChI is InChI=1S/C19H35NO/c1-18-14-10-6-4-2-3-5-7-12-16-19(21)20-17-13-9-8-11-15-18/h15H,2-14,16-17H2,1H3,(H,20,21)/b18-15+. The lowest BCUT2D eigenvalue weighted by Crippen LogP contribution is -2.23. The molecule has 1 amide bonds. The molecule has 0 unspecified atom stereocenters. The maximum absolute atomic E-state index is 11.6. The van der Waals surface area contributed by atoms with Crippen molar-refractivity contribution >= 4 is 5.91 Å². The van der Waals surface area contributed by atoms with Crippen molar-refractivity contribution < 1.29 is 4.79 Å². The first kappa shape index (κ1) is 18.3. The summed E-state index contributed by atoms with van der Waals surface area (Å²) in [6.07, 6.45) is 19.7. The van der Waals surface area contributed by atoms with E-state index in [4.69, 9.17) is 0 Å². The molecule has 0 radical (unpaired) electrons. The highest BCUT2D eigenvalue weighted by Crippen LogP contribution is 2.14. The van der Waals surface area contributed by atoms with Crippen LogP contribution in [-0.2, 0) is 4.79 Å². The van der Waals surface area contributed by atoms with Gasteiger partial charge in [-0.15, -0.1) is 0 Å². The molecule has 0 aliphatic carbocycles. The fourth-order valence-electron chi connectivity index (χ4n) is 2.96. The van der Waals surface area contributed by atoms with Crippen LogP contribution in [0.25, 0.3) is 0 Å². The SMILES string of the molecule is C/C1=C\CCCCCNC(=O)CCCCCCCCCC1. The Morgan fingerprint density at radius 1 is 0.762 bits per heavy atom. The lowest BCUT2D eigenvalue weighted by Gasteiger charge is -2.05. The van der Waals surface area contributed by atoms with Gasteiger partial charge < -0.3 is 5.32 Å². The van der Waals surface area contributed by atoms with E-state index in [-0.39, 0.29) is 5.91 Å². The zero-order valence-corrected chi connectivity index (χ0v) is 14.1. The van der Waals surface area contributed by atoms with Crippen LogP contribution in [0.5, 0.6) is 0 Å². The molecule has 0 saturated carbocycles. The van der Waals surface area contributed by atoms with E-state index in [0.29, 0.717) is 0 Å². The van der Waals surface area contributed by atoms with Crippen molar-refractivity contribution in [2.45, 2.75) is 96.8 Å². The highest BCUT2D eigenvalue weighted by atomic mass is 16.1. The Kier molecular flexibility index (Phi) is 11.2. The van der Waals surface area contributed by atoms with E-state index in [1.807, 2.05) is 0 Å². The second-order valence-electron chi connectivity index (χ2n) is 6.58. The average Bonchev–Trinajstić information content (AvgIpc) is 2.47. The molecule has 1 aliphatic heterocycles. The summed E-state index contributed by atoms with van der Waals surface area (Å²) in [5.74, 6) is 0.253. The van der Waals surface area contributed by atoms with Crippen molar-refractivity contribution in [2.75, 3.05) is 6.54 Å². The van der Waals surface area contributed by atoms with E-state index in [1.165, 1.54) is 70.6 Å². The van der Waals surface area contributed by atoms with E-state index < -0.39 is 0 Å². The van der Waals surface area contributed by atoms with E-state index in [2.05, 4.69) is 18.3 Å². The number of nitrogens with one attached hydrogen (secondary N) is 1. The molecular weight excluding hydrogens is 258 g/mol. The number of amides is 1. The number of hydrogen-bond donors (Lipinski definition) is 1. The second-order valence-corrected chi connectivity index (χ2v) is 6.58. The Hall–Kier alpha value is -0.790.